The highest BCUT2D eigenvalue weighted by Crippen LogP contribution is 2.34. The molecule has 156 valence electrons. The topological polar surface area (TPSA) is 74.8 Å². The maximum absolute atomic E-state index is 12.8. The Morgan fingerprint density at radius 2 is 1.86 bits per heavy atom. The minimum atomic E-state index is -3.48. The molecule has 0 radical (unpaired) electrons. The second kappa shape index (κ2) is 8.79. The molecule has 3 heterocycles. The summed E-state index contributed by atoms with van der Waals surface area (Å²) in [6.07, 6.45) is 2.53. The highest BCUT2D eigenvalue weighted by molar-refractivity contribution is 7.89. The molecule has 2 atom stereocenters. The third kappa shape index (κ3) is 4.61. The van der Waals surface area contributed by atoms with Gasteiger partial charge >= 0.3 is 0 Å². The Morgan fingerprint density at radius 1 is 1.10 bits per heavy atom. The number of ether oxygens (including phenoxy) is 1. The molecule has 0 saturated carbocycles. The van der Waals surface area contributed by atoms with Gasteiger partial charge < -0.3 is 15.0 Å². The average Bonchev–Trinajstić information content (AvgIpc) is 3.22. The third-order valence-electron chi connectivity index (χ3n) is 5.72. The number of nitrogens with zero attached hydrogens (tertiary/aromatic N) is 3. The quantitative estimate of drug-likeness (QED) is 0.778. The molecule has 29 heavy (non-hydrogen) atoms. The van der Waals surface area contributed by atoms with Gasteiger partial charge in [0.1, 0.15) is 10.7 Å². The summed E-state index contributed by atoms with van der Waals surface area (Å²) in [5.74, 6) is 1.04. The molecule has 1 N–H and O–H groups in total. The largest absolute Gasteiger partial charge is 0.373 e. The normalized spacial score (nSPS) is 23.9. The van der Waals surface area contributed by atoms with E-state index in [1.807, 2.05) is 25.2 Å². The summed E-state index contributed by atoms with van der Waals surface area (Å²) in [5.41, 5.74) is 1.19. The van der Waals surface area contributed by atoms with Gasteiger partial charge in [-0.15, -0.1) is 0 Å². The van der Waals surface area contributed by atoms with Crippen LogP contribution in [0.2, 0.25) is 0 Å². The smallest absolute Gasteiger partial charge is 0.244 e. The Bertz CT molecular complexity index is 897. The van der Waals surface area contributed by atoms with Crippen LogP contribution in [0.25, 0.3) is 0 Å². The fraction of sp³-hybridized carbons (Fsp3) is 0.476. The molecule has 2 saturated heterocycles. The van der Waals surface area contributed by atoms with Gasteiger partial charge in [0, 0.05) is 51.4 Å². The van der Waals surface area contributed by atoms with Gasteiger partial charge in [0.05, 0.1) is 6.10 Å². The molecule has 2 aliphatic heterocycles. The molecule has 0 bridgehead atoms. The lowest BCUT2D eigenvalue weighted by Crippen LogP contribution is -2.47. The van der Waals surface area contributed by atoms with E-state index >= 15 is 0 Å². The summed E-state index contributed by atoms with van der Waals surface area (Å²) >= 11 is 0. The highest BCUT2D eigenvalue weighted by atomic mass is 32.2. The lowest BCUT2D eigenvalue weighted by molar-refractivity contribution is 0.0933. The molecule has 2 fully saturated rings. The summed E-state index contributed by atoms with van der Waals surface area (Å²) in [4.78, 5) is 6.73. The zero-order valence-corrected chi connectivity index (χ0v) is 17.5. The average molecular weight is 417 g/mol. The summed E-state index contributed by atoms with van der Waals surface area (Å²) < 4.78 is 33.1. The third-order valence-corrected chi connectivity index (χ3v) is 7.61. The van der Waals surface area contributed by atoms with E-state index in [-0.39, 0.29) is 11.0 Å². The molecule has 0 amide bonds. The van der Waals surface area contributed by atoms with Crippen molar-refractivity contribution < 1.29 is 13.2 Å². The Hall–Kier alpha value is -2.00. The van der Waals surface area contributed by atoms with Gasteiger partial charge in [-0.25, -0.2) is 13.4 Å². The molecule has 0 spiro atoms. The number of sulfonamides is 1. The molecule has 0 aliphatic carbocycles. The van der Waals surface area contributed by atoms with Crippen molar-refractivity contribution in [3.63, 3.8) is 0 Å². The number of anilines is 1. The standard InChI is InChI=1S/C21H28N4O3S/c1-24-10-12-25(13-11-24)29(26,27)19-7-8-20(23-16-19)22-15-18-9-14-28-21(18)17-5-3-2-4-6-17/h2-8,16,18,21H,9-15H2,1H3,(H,22,23). The summed E-state index contributed by atoms with van der Waals surface area (Å²) in [5, 5.41) is 3.34. The summed E-state index contributed by atoms with van der Waals surface area (Å²) in [7, 11) is -1.48. The molecular weight excluding hydrogens is 388 g/mol. The van der Waals surface area contributed by atoms with Crippen LogP contribution < -0.4 is 5.32 Å². The highest BCUT2D eigenvalue weighted by Gasteiger charge is 2.30. The zero-order valence-electron chi connectivity index (χ0n) is 16.7. The lowest BCUT2D eigenvalue weighted by atomic mass is 9.95. The zero-order chi connectivity index (χ0) is 20.3. The van der Waals surface area contributed by atoms with E-state index in [1.165, 1.54) is 16.1 Å². The predicted molar refractivity (Wildman–Crippen MR) is 112 cm³/mol. The van der Waals surface area contributed by atoms with Gasteiger partial charge in [0.2, 0.25) is 10.0 Å². The van der Waals surface area contributed by atoms with Gasteiger partial charge in [-0.2, -0.15) is 4.31 Å². The van der Waals surface area contributed by atoms with Crippen LogP contribution in [-0.4, -0.2) is 69.0 Å². The van der Waals surface area contributed by atoms with Crippen LogP contribution in [0.5, 0.6) is 0 Å². The van der Waals surface area contributed by atoms with Crippen molar-refractivity contribution in [2.75, 3.05) is 51.7 Å². The molecule has 2 unspecified atom stereocenters. The van der Waals surface area contributed by atoms with Crippen LogP contribution in [0.3, 0.4) is 0 Å². The van der Waals surface area contributed by atoms with E-state index in [9.17, 15) is 8.42 Å². The van der Waals surface area contributed by atoms with Crippen molar-refractivity contribution in [2.24, 2.45) is 5.92 Å². The molecule has 7 nitrogen and oxygen atoms in total. The number of hydrogen-bond donors (Lipinski definition) is 1. The van der Waals surface area contributed by atoms with Gasteiger partial charge in [-0.05, 0) is 31.2 Å². The van der Waals surface area contributed by atoms with Crippen molar-refractivity contribution in [1.82, 2.24) is 14.2 Å². The first-order valence-electron chi connectivity index (χ1n) is 10.1. The van der Waals surface area contributed by atoms with E-state index in [4.69, 9.17) is 4.74 Å². The number of hydrogen-bond acceptors (Lipinski definition) is 6. The predicted octanol–water partition coefficient (Wildman–Crippen LogP) is 2.21. The SMILES string of the molecule is CN1CCN(S(=O)(=O)c2ccc(NCC3CCOC3c3ccccc3)nc2)CC1. The van der Waals surface area contributed by atoms with Crippen LogP contribution in [0.15, 0.2) is 53.6 Å². The summed E-state index contributed by atoms with van der Waals surface area (Å²) in [6, 6.07) is 13.6. The van der Waals surface area contributed by atoms with E-state index in [0.717, 1.165) is 32.7 Å². The number of nitrogens with one attached hydrogen (secondary N) is 1. The Balaban J connectivity index is 1.37. The van der Waals surface area contributed by atoms with Crippen LogP contribution in [0.4, 0.5) is 5.82 Å². The Morgan fingerprint density at radius 3 is 2.55 bits per heavy atom. The number of likely N-dealkylation sites (N-methyl/N-ethyl adjacent to an activating group) is 1. The van der Waals surface area contributed by atoms with Crippen molar-refractivity contribution in [3.8, 4) is 0 Å². The molecular formula is C21H28N4O3S. The molecule has 2 aromatic rings. The van der Waals surface area contributed by atoms with Crippen LogP contribution in [-0.2, 0) is 14.8 Å². The Labute approximate surface area is 172 Å². The fourth-order valence-electron chi connectivity index (χ4n) is 3.90. The van der Waals surface area contributed by atoms with Crippen molar-refractivity contribution >= 4 is 15.8 Å². The molecule has 2 aliphatic rings. The number of pyridine rings is 1. The monoisotopic (exact) mass is 416 g/mol. The number of aromatic nitrogens is 1. The van der Waals surface area contributed by atoms with Gasteiger partial charge in [-0.1, -0.05) is 30.3 Å². The van der Waals surface area contributed by atoms with Crippen molar-refractivity contribution in [3.05, 3.63) is 54.2 Å². The van der Waals surface area contributed by atoms with Gasteiger partial charge in [0.15, 0.2) is 0 Å². The number of piperazine rings is 1. The first-order valence-corrected chi connectivity index (χ1v) is 11.5. The van der Waals surface area contributed by atoms with E-state index in [1.54, 1.807) is 12.1 Å². The maximum Gasteiger partial charge on any atom is 0.244 e. The molecule has 1 aromatic carbocycles. The van der Waals surface area contributed by atoms with E-state index in [0.29, 0.717) is 24.8 Å². The number of rotatable bonds is 6. The minimum Gasteiger partial charge on any atom is -0.373 e. The lowest BCUT2D eigenvalue weighted by Gasteiger charge is -2.31. The number of benzene rings is 1. The van der Waals surface area contributed by atoms with E-state index in [2.05, 4.69) is 27.3 Å². The van der Waals surface area contributed by atoms with E-state index < -0.39 is 10.0 Å². The van der Waals surface area contributed by atoms with Crippen molar-refractivity contribution in [1.29, 1.82) is 0 Å². The first kappa shape index (κ1) is 20.3. The minimum absolute atomic E-state index is 0.0839. The molecule has 8 heteroatoms. The first-order chi connectivity index (χ1) is 14.0. The van der Waals surface area contributed by atoms with Crippen LogP contribution in [0, 0.1) is 5.92 Å². The Kier molecular flexibility index (Phi) is 6.15. The van der Waals surface area contributed by atoms with Gasteiger partial charge in [0.25, 0.3) is 0 Å². The van der Waals surface area contributed by atoms with Crippen LogP contribution >= 0.6 is 0 Å². The fourth-order valence-corrected chi connectivity index (χ4v) is 5.27. The second-order valence-corrected chi connectivity index (χ2v) is 9.66. The van der Waals surface area contributed by atoms with Crippen LogP contribution in [0.1, 0.15) is 18.1 Å². The molecule has 1 aromatic heterocycles. The summed E-state index contributed by atoms with van der Waals surface area (Å²) in [6.45, 7) is 4.01. The second-order valence-electron chi connectivity index (χ2n) is 7.72. The van der Waals surface area contributed by atoms with Gasteiger partial charge in [-0.3, -0.25) is 0 Å². The van der Waals surface area contributed by atoms with Crippen molar-refractivity contribution in [2.45, 2.75) is 17.4 Å². The maximum atomic E-state index is 12.8. The molecule has 4 rings (SSSR count).